The number of fused-ring (bicyclic) bond motifs is 1. The second-order valence-corrected chi connectivity index (χ2v) is 7.52. The quantitative estimate of drug-likeness (QED) is 0.628. The van der Waals surface area contributed by atoms with Crippen LogP contribution in [0, 0.1) is 0 Å². The minimum Gasteiger partial charge on any atom is -0.391 e. The Labute approximate surface area is 163 Å². The monoisotopic (exact) mass is 391 g/mol. The van der Waals surface area contributed by atoms with Crippen LogP contribution in [0.5, 0.6) is 0 Å². The van der Waals surface area contributed by atoms with Gasteiger partial charge in [0, 0.05) is 16.3 Å². The number of halogens is 1. The predicted octanol–water partition coefficient (Wildman–Crippen LogP) is 3.66. The van der Waals surface area contributed by atoms with Crippen LogP contribution < -0.4 is 5.73 Å². The number of hydrogen-bond acceptors (Lipinski definition) is 4. The first-order valence-electron chi connectivity index (χ1n) is 8.13. The number of amides is 1. The minimum absolute atomic E-state index is 0. The number of carbonyl (C=O) groups excluding carboxylic acids is 1. The highest BCUT2D eigenvalue weighted by molar-refractivity contribution is 8.00. The highest BCUT2D eigenvalue weighted by Crippen LogP contribution is 2.36. The van der Waals surface area contributed by atoms with Crippen LogP contribution >= 0.6 is 24.2 Å². The van der Waals surface area contributed by atoms with Crippen LogP contribution in [0.1, 0.15) is 30.4 Å². The molecule has 0 bridgehead atoms. The summed E-state index contributed by atoms with van der Waals surface area (Å²) in [7, 11) is 0. The van der Waals surface area contributed by atoms with Crippen LogP contribution in [0.2, 0.25) is 0 Å². The first kappa shape index (κ1) is 20.3. The number of thioether (sulfide) groups is 1. The maximum atomic E-state index is 11.3. The predicted molar refractivity (Wildman–Crippen MR) is 108 cm³/mol. The molecule has 1 heterocycles. The van der Waals surface area contributed by atoms with E-state index in [2.05, 4.69) is 36.2 Å². The van der Waals surface area contributed by atoms with Gasteiger partial charge in [-0.2, -0.15) is 0 Å². The summed E-state index contributed by atoms with van der Waals surface area (Å²) < 4.78 is 1.77. The van der Waals surface area contributed by atoms with E-state index >= 15 is 0 Å². The normalized spacial score (nSPS) is 14.4. The molecule has 0 aliphatic rings. The maximum absolute atomic E-state index is 11.3. The standard InChI is InChI=1S/C19H21N3O2S.ClH/c1-12(23)18(22-10-16(19(20)24)21-11-22)13(2)25-17-9-5-7-14-6-3-4-8-15(14)17;/h3-13,18,23H,1-2H3,(H2,20,24);1H/t12-,13?,18+;/m0./s1. The number of nitrogens with zero attached hydrogens (tertiary/aromatic N) is 2. The van der Waals surface area contributed by atoms with Gasteiger partial charge in [-0.1, -0.05) is 43.3 Å². The first-order chi connectivity index (χ1) is 12.0. The van der Waals surface area contributed by atoms with E-state index in [0.29, 0.717) is 0 Å². The number of carbonyl (C=O) groups is 1. The zero-order chi connectivity index (χ0) is 18.0. The van der Waals surface area contributed by atoms with E-state index < -0.39 is 12.0 Å². The molecule has 26 heavy (non-hydrogen) atoms. The lowest BCUT2D eigenvalue weighted by molar-refractivity contribution is 0.0994. The smallest absolute Gasteiger partial charge is 0.268 e. The summed E-state index contributed by atoms with van der Waals surface area (Å²) in [4.78, 5) is 16.5. The molecule has 1 amide bonds. The summed E-state index contributed by atoms with van der Waals surface area (Å²) in [5.41, 5.74) is 5.48. The van der Waals surface area contributed by atoms with Crippen LogP contribution in [0.3, 0.4) is 0 Å². The van der Waals surface area contributed by atoms with Gasteiger partial charge in [0.25, 0.3) is 5.91 Å². The lowest BCUT2D eigenvalue weighted by Gasteiger charge is -2.27. The fraction of sp³-hybridized carbons (Fsp3) is 0.263. The lowest BCUT2D eigenvalue weighted by atomic mass is 10.1. The Morgan fingerprint density at radius 1 is 1.19 bits per heavy atom. The topological polar surface area (TPSA) is 81.1 Å². The first-order valence-corrected chi connectivity index (χ1v) is 9.01. The molecule has 3 rings (SSSR count). The van der Waals surface area contributed by atoms with E-state index in [1.165, 1.54) is 10.8 Å². The Morgan fingerprint density at radius 2 is 1.88 bits per heavy atom. The van der Waals surface area contributed by atoms with E-state index in [-0.39, 0.29) is 29.4 Å². The second kappa shape index (κ2) is 8.58. The Kier molecular flexibility index (Phi) is 6.69. The Balaban J connectivity index is 0.00000243. The molecule has 1 unspecified atom stereocenters. The van der Waals surface area contributed by atoms with Crippen LogP contribution in [0.15, 0.2) is 59.9 Å². The fourth-order valence-corrected chi connectivity index (χ4v) is 4.46. The molecule has 0 aliphatic heterocycles. The maximum Gasteiger partial charge on any atom is 0.268 e. The molecule has 3 atom stereocenters. The third-order valence-electron chi connectivity index (χ3n) is 4.24. The molecule has 5 nitrogen and oxygen atoms in total. The van der Waals surface area contributed by atoms with Gasteiger partial charge in [-0.15, -0.1) is 24.2 Å². The van der Waals surface area contributed by atoms with Crippen LogP contribution in [-0.4, -0.2) is 31.9 Å². The number of aromatic nitrogens is 2. The van der Waals surface area contributed by atoms with Gasteiger partial charge in [0.15, 0.2) is 0 Å². The molecule has 0 saturated carbocycles. The third-order valence-corrected chi connectivity index (χ3v) is 5.50. The summed E-state index contributed by atoms with van der Waals surface area (Å²) in [6.45, 7) is 3.81. The number of benzene rings is 2. The average molecular weight is 392 g/mol. The molecule has 2 aromatic carbocycles. The van der Waals surface area contributed by atoms with Gasteiger partial charge >= 0.3 is 0 Å². The zero-order valence-electron chi connectivity index (χ0n) is 14.6. The molecule has 0 aliphatic carbocycles. The van der Waals surface area contributed by atoms with E-state index in [1.54, 1.807) is 35.8 Å². The summed E-state index contributed by atoms with van der Waals surface area (Å²) in [5, 5.41) is 12.7. The van der Waals surface area contributed by atoms with Crippen LogP contribution in [0.4, 0.5) is 0 Å². The van der Waals surface area contributed by atoms with Crippen molar-refractivity contribution in [1.82, 2.24) is 9.55 Å². The van der Waals surface area contributed by atoms with Gasteiger partial charge in [-0.25, -0.2) is 4.98 Å². The molecule has 1 aromatic heterocycles. The Hall–Kier alpha value is -2.02. The number of rotatable bonds is 6. The second-order valence-electron chi connectivity index (χ2n) is 6.10. The molecule has 0 saturated heterocycles. The van der Waals surface area contributed by atoms with Crippen molar-refractivity contribution in [1.29, 1.82) is 0 Å². The zero-order valence-corrected chi connectivity index (χ0v) is 16.2. The van der Waals surface area contributed by atoms with Crippen molar-refractivity contribution in [2.24, 2.45) is 5.73 Å². The van der Waals surface area contributed by atoms with Crippen molar-refractivity contribution in [3.05, 3.63) is 60.7 Å². The van der Waals surface area contributed by atoms with Crippen molar-refractivity contribution in [2.45, 2.75) is 36.1 Å². The molecule has 0 fully saturated rings. The average Bonchev–Trinajstić information content (AvgIpc) is 3.05. The van der Waals surface area contributed by atoms with Crippen molar-refractivity contribution in [3.8, 4) is 0 Å². The number of imidazole rings is 1. The number of hydrogen-bond donors (Lipinski definition) is 2. The van der Waals surface area contributed by atoms with Gasteiger partial charge in [0.1, 0.15) is 5.69 Å². The molecule has 3 aromatic rings. The van der Waals surface area contributed by atoms with E-state index in [1.807, 2.05) is 18.2 Å². The van der Waals surface area contributed by atoms with Crippen molar-refractivity contribution in [2.75, 3.05) is 0 Å². The summed E-state index contributed by atoms with van der Waals surface area (Å²) in [5.74, 6) is -0.572. The van der Waals surface area contributed by atoms with E-state index in [9.17, 15) is 9.90 Å². The van der Waals surface area contributed by atoms with Crippen molar-refractivity contribution in [3.63, 3.8) is 0 Å². The number of aliphatic hydroxyl groups excluding tert-OH is 1. The van der Waals surface area contributed by atoms with Gasteiger partial charge in [-0.3, -0.25) is 4.79 Å². The van der Waals surface area contributed by atoms with Gasteiger partial charge in [0.05, 0.1) is 18.5 Å². The van der Waals surface area contributed by atoms with E-state index in [4.69, 9.17) is 5.73 Å². The Morgan fingerprint density at radius 3 is 2.54 bits per heavy atom. The summed E-state index contributed by atoms with van der Waals surface area (Å²) in [6, 6.07) is 14.2. The van der Waals surface area contributed by atoms with Crippen molar-refractivity contribution < 1.29 is 9.90 Å². The highest BCUT2D eigenvalue weighted by atomic mass is 35.5. The molecule has 0 radical (unpaired) electrons. The molecule has 3 N–H and O–H groups in total. The van der Waals surface area contributed by atoms with Crippen molar-refractivity contribution >= 4 is 40.8 Å². The fourth-order valence-electron chi connectivity index (χ4n) is 3.08. The summed E-state index contributed by atoms with van der Waals surface area (Å²) in [6.07, 6.45) is 2.55. The third kappa shape index (κ3) is 4.20. The summed E-state index contributed by atoms with van der Waals surface area (Å²) >= 11 is 1.70. The largest absolute Gasteiger partial charge is 0.391 e. The van der Waals surface area contributed by atoms with Gasteiger partial charge in [0.2, 0.25) is 0 Å². The van der Waals surface area contributed by atoms with Crippen LogP contribution in [-0.2, 0) is 0 Å². The molecule has 138 valence electrons. The van der Waals surface area contributed by atoms with Gasteiger partial charge < -0.3 is 15.4 Å². The molecule has 7 heteroatoms. The molecule has 0 spiro atoms. The minimum atomic E-state index is -0.604. The number of primary amides is 1. The number of aliphatic hydroxyl groups is 1. The Bertz CT molecular complexity index is 892. The number of nitrogens with two attached hydrogens (primary N) is 1. The molecular formula is C19H22ClN3O2S. The highest BCUT2D eigenvalue weighted by Gasteiger charge is 2.26. The van der Waals surface area contributed by atoms with Gasteiger partial charge in [-0.05, 0) is 23.8 Å². The molecular weight excluding hydrogens is 370 g/mol. The van der Waals surface area contributed by atoms with E-state index in [0.717, 1.165) is 4.90 Å². The SMILES string of the molecule is CC(Sc1cccc2ccccc12)[C@@H]([C@H](C)O)n1cnc(C(N)=O)c1.Cl. The van der Waals surface area contributed by atoms with Crippen LogP contribution in [0.25, 0.3) is 10.8 Å². The lowest BCUT2D eigenvalue weighted by Crippen LogP contribution is -2.28.